The fourth-order valence-electron chi connectivity index (χ4n) is 1.60. The normalized spacial score (nSPS) is 13.4. The van der Waals surface area contributed by atoms with Gasteiger partial charge in [0, 0.05) is 10.1 Å². The molecule has 116 valence electrons. The minimum Gasteiger partial charge on any atom is -0.496 e. The molecule has 0 fully saturated rings. The number of amides is 1. The van der Waals surface area contributed by atoms with Crippen molar-refractivity contribution in [1.82, 2.24) is 5.32 Å². The monoisotopic (exact) mass is 425 g/mol. The summed E-state index contributed by atoms with van der Waals surface area (Å²) in [4.78, 5) is 23.5. The van der Waals surface area contributed by atoms with Crippen molar-refractivity contribution < 1.29 is 19.4 Å². The molecule has 21 heavy (non-hydrogen) atoms. The van der Waals surface area contributed by atoms with E-state index in [0.29, 0.717) is 17.2 Å². The van der Waals surface area contributed by atoms with Crippen LogP contribution in [0.5, 0.6) is 5.75 Å². The summed E-state index contributed by atoms with van der Waals surface area (Å²) in [5, 5.41) is 12.3. The Bertz CT molecular complexity index is 564. The zero-order chi connectivity index (χ0) is 16.2. The highest BCUT2D eigenvalue weighted by Crippen LogP contribution is 2.28. The molecule has 1 atom stereocenters. The Morgan fingerprint density at radius 3 is 2.57 bits per heavy atom. The molecule has 0 bridgehead atoms. The summed E-state index contributed by atoms with van der Waals surface area (Å²) >= 11 is 8.06. The first kappa shape index (κ1) is 18.0. The van der Waals surface area contributed by atoms with Crippen molar-refractivity contribution in [2.45, 2.75) is 20.3 Å². The van der Waals surface area contributed by atoms with E-state index in [0.717, 1.165) is 3.57 Å². The van der Waals surface area contributed by atoms with E-state index in [9.17, 15) is 14.7 Å². The largest absolute Gasteiger partial charge is 0.496 e. The van der Waals surface area contributed by atoms with Gasteiger partial charge in [0.25, 0.3) is 5.91 Å². The molecule has 0 heterocycles. The van der Waals surface area contributed by atoms with Crippen molar-refractivity contribution in [1.29, 1.82) is 0 Å². The number of carboxylic acid groups (broad SMARTS) is 1. The molecule has 2 N–H and O–H groups in total. The van der Waals surface area contributed by atoms with Crippen LogP contribution in [0.2, 0.25) is 5.02 Å². The number of carbonyl (C=O) groups is 2. The topological polar surface area (TPSA) is 75.6 Å². The number of methoxy groups -OCH3 is 1. The van der Waals surface area contributed by atoms with Crippen molar-refractivity contribution >= 4 is 46.1 Å². The molecular formula is C14H17ClINO4. The van der Waals surface area contributed by atoms with Crippen LogP contribution in [0.15, 0.2) is 12.1 Å². The lowest BCUT2D eigenvalue weighted by molar-refractivity contribution is -0.147. The van der Waals surface area contributed by atoms with Gasteiger partial charge in [0.05, 0.1) is 23.1 Å². The highest BCUT2D eigenvalue weighted by atomic mass is 127. The minimum absolute atomic E-state index is 0.0322. The zero-order valence-electron chi connectivity index (χ0n) is 12.0. The smallest absolute Gasteiger partial charge is 0.311 e. The van der Waals surface area contributed by atoms with E-state index in [1.165, 1.54) is 13.2 Å². The lowest BCUT2D eigenvalue weighted by Crippen LogP contribution is -2.40. The maximum absolute atomic E-state index is 12.2. The third-order valence-electron chi connectivity index (χ3n) is 3.42. The molecule has 7 heteroatoms. The second kappa shape index (κ2) is 7.31. The van der Waals surface area contributed by atoms with E-state index in [1.807, 2.05) is 22.6 Å². The fourth-order valence-corrected chi connectivity index (χ4v) is 2.20. The second-order valence-corrected chi connectivity index (χ2v) is 6.44. The number of carbonyl (C=O) groups excluding carboxylic acids is 1. The highest BCUT2D eigenvalue weighted by Gasteiger charge is 2.31. The Balaban J connectivity index is 2.95. The Kier molecular flexibility index (Phi) is 6.27. The standard InChI is InChI=1S/C14H17ClINO4/c1-4-14(2,13(19)20)7-17-12(18)8-5-9(15)10(16)6-11(8)21-3/h5-6H,4,7H2,1-3H3,(H,17,18)(H,19,20). The van der Waals surface area contributed by atoms with Gasteiger partial charge in [-0.3, -0.25) is 9.59 Å². The molecular weight excluding hydrogens is 409 g/mol. The average Bonchev–Trinajstić information content (AvgIpc) is 2.46. The summed E-state index contributed by atoms with van der Waals surface area (Å²) in [6.07, 6.45) is 0.410. The van der Waals surface area contributed by atoms with Crippen LogP contribution in [0, 0.1) is 8.99 Å². The molecule has 1 rings (SSSR count). The van der Waals surface area contributed by atoms with Gasteiger partial charge in [-0.25, -0.2) is 0 Å². The summed E-state index contributed by atoms with van der Waals surface area (Å²) < 4.78 is 5.94. The number of hydrogen-bond acceptors (Lipinski definition) is 3. The first-order chi connectivity index (χ1) is 9.75. The van der Waals surface area contributed by atoms with Crippen LogP contribution in [0.1, 0.15) is 30.6 Å². The number of ether oxygens (including phenoxy) is 1. The molecule has 0 saturated heterocycles. The summed E-state index contributed by atoms with van der Waals surface area (Å²) in [7, 11) is 1.46. The van der Waals surface area contributed by atoms with Crippen LogP contribution < -0.4 is 10.1 Å². The van der Waals surface area contributed by atoms with E-state index in [-0.39, 0.29) is 12.1 Å². The second-order valence-electron chi connectivity index (χ2n) is 4.87. The number of halogens is 2. The lowest BCUT2D eigenvalue weighted by atomic mass is 9.87. The van der Waals surface area contributed by atoms with Gasteiger partial charge in [-0.15, -0.1) is 0 Å². The van der Waals surface area contributed by atoms with Gasteiger partial charge < -0.3 is 15.2 Å². The van der Waals surface area contributed by atoms with Gasteiger partial charge >= 0.3 is 5.97 Å². The zero-order valence-corrected chi connectivity index (χ0v) is 14.9. The molecule has 0 radical (unpaired) electrons. The van der Waals surface area contributed by atoms with Crippen molar-refractivity contribution in [3.05, 3.63) is 26.3 Å². The first-order valence-corrected chi connectivity index (χ1v) is 7.75. The molecule has 1 amide bonds. The van der Waals surface area contributed by atoms with E-state index in [1.54, 1.807) is 19.9 Å². The number of aliphatic carboxylic acids is 1. The van der Waals surface area contributed by atoms with Crippen LogP contribution in [-0.4, -0.2) is 30.6 Å². The summed E-state index contributed by atoms with van der Waals surface area (Å²) in [6.45, 7) is 3.39. The number of benzene rings is 1. The molecule has 0 aliphatic heterocycles. The van der Waals surface area contributed by atoms with E-state index in [4.69, 9.17) is 16.3 Å². The van der Waals surface area contributed by atoms with E-state index < -0.39 is 17.3 Å². The van der Waals surface area contributed by atoms with Crippen molar-refractivity contribution in [3.8, 4) is 5.75 Å². The van der Waals surface area contributed by atoms with Gasteiger partial charge in [-0.2, -0.15) is 0 Å². The van der Waals surface area contributed by atoms with Crippen LogP contribution in [0.4, 0.5) is 0 Å². The third kappa shape index (κ3) is 4.23. The first-order valence-electron chi connectivity index (χ1n) is 6.29. The Morgan fingerprint density at radius 2 is 2.10 bits per heavy atom. The lowest BCUT2D eigenvalue weighted by Gasteiger charge is -2.23. The SMILES string of the molecule is CCC(C)(CNC(=O)c1cc(Cl)c(I)cc1OC)C(=O)O. The fraction of sp³-hybridized carbons (Fsp3) is 0.429. The quantitative estimate of drug-likeness (QED) is 0.687. The summed E-state index contributed by atoms with van der Waals surface area (Å²) in [5.41, 5.74) is -0.720. The predicted molar refractivity (Wildman–Crippen MR) is 89.1 cm³/mol. The number of rotatable bonds is 6. The van der Waals surface area contributed by atoms with Crippen LogP contribution >= 0.6 is 34.2 Å². The van der Waals surface area contributed by atoms with Gasteiger partial charge in [0.1, 0.15) is 5.75 Å². The molecule has 1 aromatic carbocycles. The third-order valence-corrected chi connectivity index (χ3v) is 4.95. The van der Waals surface area contributed by atoms with Gasteiger partial charge in [-0.1, -0.05) is 18.5 Å². The number of nitrogens with one attached hydrogen (secondary N) is 1. The Hall–Kier alpha value is -1.02. The molecule has 0 aliphatic carbocycles. The van der Waals surface area contributed by atoms with Crippen molar-refractivity contribution in [2.75, 3.05) is 13.7 Å². The van der Waals surface area contributed by atoms with Crippen LogP contribution in [-0.2, 0) is 4.79 Å². The molecule has 0 saturated carbocycles. The van der Waals surface area contributed by atoms with Crippen LogP contribution in [0.3, 0.4) is 0 Å². The summed E-state index contributed by atoms with van der Waals surface area (Å²) in [5.74, 6) is -0.959. The molecule has 1 aromatic rings. The van der Waals surface area contributed by atoms with Gasteiger partial charge in [-0.05, 0) is 48.1 Å². The van der Waals surface area contributed by atoms with E-state index in [2.05, 4.69) is 5.32 Å². The Morgan fingerprint density at radius 1 is 1.48 bits per heavy atom. The van der Waals surface area contributed by atoms with Gasteiger partial charge in [0.15, 0.2) is 0 Å². The Labute approximate surface area is 142 Å². The molecule has 5 nitrogen and oxygen atoms in total. The molecule has 1 unspecified atom stereocenters. The minimum atomic E-state index is -1.00. The maximum Gasteiger partial charge on any atom is 0.311 e. The highest BCUT2D eigenvalue weighted by molar-refractivity contribution is 14.1. The average molecular weight is 426 g/mol. The maximum atomic E-state index is 12.2. The number of carboxylic acids is 1. The van der Waals surface area contributed by atoms with E-state index >= 15 is 0 Å². The number of hydrogen-bond donors (Lipinski definition) is 2. The molecule has 0 aliphatic rings. The predicted octanol–water partition coefficient (Wildman–Crippen LogP) is 3.18. The summed E-state index contributed by atoms with van der Waals surface area (Å²) in [6, 6.07) is 3.18. The molecule has 0 aromatic heterocycles. The van der Waals surface area contributed by atoms with Crippen molar-refractivity contribution in [3.63, 3.8) is 0 Å². The van der Waals surface area contributed by atoms with Crippen molar-refractivity contribution in [2.24, 2.45) is 5.41 Å². The van der Waals surface area contributed by atoms with Crippen LogP contribution in [0.25, 0.3) is 0 Å². The molecule has 0 spiro atoms. The van der Waals surface area contributed by atoms with Gasteiger partial charge in [0.2, 0.25) is 0 Å².